The average Bonchev–Trinajstić information content (AvgIpc) is 2.98. The minimum absolute atomic E-state index is 0.125. The summed E-state index contributed by atoms with van der Waals surface area (Å²) in [5.74, 6) is -0.483. The Morgan fingerprint density at radius 3 is 2.23 bits per heavy atom. The Morgan fingerprint density at radius 2 is 1.63 bits per heavy atom. The molecule has 2 aromatic rings. The minimum atomic E-state index is -0.245. The highest BCUT2D eigenvalue weighted by molar-refractivity contribution is 6.36. The van der Waals surface area contributed by atoms with Crippen molar-refractivity contribution < 1.29 is 14.3 Å². The molecule has 0 bridgehead atoms. The molecular weight excluding hydrogens is 376 g/mol. The van der Waals surface area contributed by atoms with Gasteiger partial charge in [0.1, 0.15) is 5.70 Å². The Bertz CT molecular complexity index is 917. The molecule has 0 aliphatic carbocycles. The summed E-state index contributed by atoms with van der Waals surface area (Å²) in [6.07, 6.45) is 0.738. The molecule has 0 radical (unpaired) electrons. The van der Waals surface area contributed by atoms with E-state index in [1.807, 2.05) is 87.2 Å². The lowest BCUT2D eigenvalue weighted by atomic mass is 10.0. The number of likely N-dealkylation sites (N-methyl/N-ethyl adjacent to an activating group) is 1. The number of imide groups is 1. The Labute approximate surface area is 178 Å². The summed E-state index contributed by atoms with van der Waals surface area (Å²) >= 11 is 0. The number of benzene rings is 2. The van der Waals surface area contributed by atoms with Crippen LogP contribution in [0.15, 0.2) is 60.3 Å². The smallest absolute Gasteiger partial charge is 0.278 e. The van der Waals surface area contributed by atoms with Crippen molar-refractivity contribution in [2.24, 2.45) is 0 Å². The number of hydrogen-bond donors (Lipinski definition) is 0. The van der Waals surface area contributed by atoms with Crippen LogP contribution in [-0.2, 0) is 14.3 Å². The van der Waals surface area contributed by atoms with Gasteiger partial charge in [-0.05, 0) is 51.8 Å². The molecule has 0 atom stereocenters. The number of para-hydroxylation sites is 1. The van der Waals surface area contributed by atoms with Crippen LogP contribution in [0.2, 0.25) is 0 Å². The number of hydrogen-bond acceptors (Lipinski definition) is 4. The van der Waals surface area contributed by atoms with Crippen LogP contribution >= 0.6 is 0 Å². The highest BCUT2D eigenvalue weighted by Crippen LogP contribution is 2.34. The molecule has 0 N–H and O–H groups in total. The molecular formula is C25H30N2O3. The van der Waals surface area contributed by atoms with Crippen molar-refractivity contribution in [3.63, 3.8) is 0 Å². The quantitative estimate of drug-likeness (QED) is 0.457. The number of nitrogens with zero attached hydrogens (tertiary/aromatic N) is 2. The standard InChI is InChI=1S/C25H30N2O3/c1-5-26(21-10-7-6-8-11-21)23-22(20-14-12-19(4)13-15-20)24(28)27(25(23)29)16-9-17-30-18(2)3/h6-8,10-15,18H,5,9,16-17H2,1-4H3. The van der Waals surface area contributed by atoms with Gasteiger partial charge >= 0.3 is 0 Å². The van der Waals surface area contributed by atoms with Crippen molar-refractivity contribution in [3.05, 3.63) is 71.4 Å². The SMILES string of the molecule is CCN(C1=C(c2ccc(C)cc2)C(=O)N(CCCOC(C)C)C1=O)c1ccccc1. The van der Waals surface area contributed by atoms with Crippen LogP contribution in [0.3, 0.4) is 0 Å². The fraction of sp³-hybridized carbons (Fsp3) is 0.360. The van der Waals surface area contributed by atoms with Gasteiger partial charge in [-0.25, -0.2) is 0 Å². The van der Waals surface area contributed by atoms with Gasteiger partial charge in [-0.3, -0.25) is 14.5 Å². The number of amides is 2. The van der Waals surface area contributed by atoms with E-state index in [0.29, 0.717) is 37.4 Å². The van der Waals surface area contributed by atoms with E-state index in [2.05, 4.69) is 0 Å². The second-order valence-electron chi connectivity index (χ2n) is 7.70. The fourth-order valence-corrected chi connectivity index (χ4v) is 3.62. The molecule has 0 saturated carbocycles. The maximum atomic E-state index is 13.4. The number of rotatable bonds is 9. The average molecular weight is 407 g/mol. The van der Waals surface area contributed by atoms with E-state index >= 15 is 0 Å². The van der Waals surface area contributed by atoms with Crippen molar-refractivity contribution in [3.8, 4) is 0 Å². The first kappa shape index (κ1) is 21.8. The van der Waals surface area contributed by atoms with E-state index < -0.39 is 0 Å². The van der Waals surface area contributed by atoms with Gasteiger partial charge in [-0.15, -0.1) is 0 Å². The zero-order valence-electron chi connectivity index (χ0n) is 18.2. The Hall–Kier alpha value is -2.92. The predicted molar refractivity (Wildman–Crippen MR) is 120 cm³/mol. The van der Waals surface area contributed by atoms with Gasteiger partial charge in [0.2, 0.25) is 0 Å². The van der Waals surface area contributed by atoms with Crippen molar-refractivity contribution in [1.29, 1.82) is 0 Å². The summed E-state index contributed by atoms with van der Waals surface area (Å²) in [6, 6.07) is 17.5. The van der Waals surface area contributed by atoms with Gasteiger partial charge in [-0.2, -0.15) is 0 Å². The molecule has 2 aromatic carbocycles. The normalized spacial score (nSPS) is 14.2. The highest BCUT2D eigenvalue weighted by Gasteiger charge is 2.41. The lowest BCUT2D eigenvalue weighted by Crippen LogP contribution is -2.36. The first-order chi connectivity index (χ1) is 14.4. The van der Waals surface area contributed by atoms with Crippen molar-refractivity contribution in [2.45, 2.75) is 40.2 Å². The van der Waals surface area contributed by atoms with Crippen LogP contribution in [0, 0.1) is 6.92 Å². The van der Waals surface area contributed by atoms with E-state index in [0.717, 1.165) is 16.8 Å². The Balaban J connectivity index is 1.99. The van der Waals surface area contributed by atoms with Crippen molar-refractivity contribution in [2.75, 3.05) is 24.6 Å². The zero-order valence-corrected chi connectivity index (χ0v) is 18.2. The molecule has 0 saturated heterocycles. The largest absolute Gasteiger partial charge is 0.379 e. The molecule has 1 aliphatic rings. The third-order valence-electron chi connectivity index (χ3n) is 5.12. The van der Waals surface area contributed by atoms with E-state index in [-0.39, 0.29) is 17.9 Å². The number of carbonyl (C=O) groups excluding carboxylic acids is 2. The zero-order chi connectivity index (χ0) is 21.7. The maximum Gasteiger partial charge on any atom is 0.278 e. The summed E-state index contributed by atoms with van der Waals surface area (Å²) in [7, 11) is 0. The molecule has 0 fully saturated rings. The Kier molecular flexibility index (Phi) is 7.06. The van der Waals surface area contributed by atoms with E-state index in [9.17, 15) is 9.59 Å². The lowest BCUT2D eigenvalue weighted by Gasteiger charge is -2.25. The van der Waals surface area contributed by atoms with Gasteiger partial charge in [0, 0.05) is 25.4 Å². The molecule has 0 unspecified atom stereocenters. The molecule has 2 amide bonds. The molecule has 0 aromatic heterocycles. The van der Waals surface area contributed by atoms with Crippen molar-refractivity contribution in [1.82, 2.24) is 4.90 Å². The molecule has 158 valence electrons. The number of ether oxygens (including phenoxy) is 1. The molecule has 1 aliphatic heterocycles. The summed E-state index contributed by atoms with van der Waals surface area (Å²) in [4.78, 5) is 30.1. The third kappa shape index (κ3) is 4.62. The second kappa shape index (κ2) is 9.72. The summed E-state index contributed by atoms with van der Waals surface area (Å²) < 4.78 is 5.59. The lowest BCUT2D eigenvalue weighted by molar-refractivity contribution is -0.137. The van der Waals surface area contributed by atoms with Gasteiger partial charge in [-0.1, -0.05) is 48.0 Å². The van der Waals surface area contributed by atoms with Gasteiger partial charge in [0.05, 0.1) is 11.7 Å². The second-order valence-corrected chi connectivity index (χ2v) is 7.70. The van der Waals surface area contributed by atoms with Gasteiger partial charge in [0.25, 0.3) is 11.8 Å². The summed E-state index contributed by atoms with van der Waals surface area (Å²) in [5.41, 5.74) is 3.68. The topological polar surface area (TPSA) is 49.9 Å². The van der Waals surface area contributed by atoms with Crippen LogP contribution in [0.25, 0.3) is 5.57 Å². The molecule has 5 heteroatoms. The van der Waals surface area contributed by atoms with E-state index in [1.54, 1.807) is 0 Å². The van der Waals surface area contributed by atoms with Gasteiger partial charge in [0.15, 0.2) is 0 Å². The van der Waals surface area contributed by atoms with E-state index in [4.69, 9.17) is 4.74 Å². The monoisotopic (exact) mass is 406 g/mol. The van der Waals surface area contributed by atoms with Crippen LogP contribution < -0.4 is 4.90 Å². The first-order valence-corrected chi connectivity index (χ1v) is 10.6. The predicted octanol–water partition coefficient (Wildman–Crippen LogP) is 4.42. The Morgan fingerprint density at radius 1 is 0.967 bits per heavy atom. The maximum absolute atomic E-state index is 13.4. The minimum Gasteiger partial charge on any atom is -0.379 e. The first-order valence-electron chi connectivity index (χ1n) is 10.6. The molecule has 5 nitrogen and oxygen atoms in total. The molecule has 3 rings (SSSR count). The fourth-order valence-electron chi connectivity index (χ4n) is 3.62. The molecule has 1 heterocycles. The summed E-state index contributed by atoms with van der Waals surface area (Å²) in [5, 5.41) is 0. The summed E-state index contributed by atoms with van der Waals surface area (Å²) in [6.45, 7) is 9.38. The third-order valence-corrected chi connectivity index (χ3v) is 5.12. The van der Waals surface area contributed by atoms with Crippen LogP contribution in [-0.4, -0.2) is 42.5 Å². The highest BCUT2D eigenvalue weighted by atomic mass is 16.5. The molecule has 0 spiro atoms. The van der Waals surface area contributed by atoms with E-state index in [1.165, 1.54) is 4.90 Å². The van der Waals surface area contributed by atoms with Crippen LogP contribution in [0.4, 0.5) is 5.69 Å². The number of anilines is 1. The number of aryl methyl sites for hydroxylation is 1. The van der Waals surface area contributed by atoms with Crippen molar-refractivity contribution >= 4 is 23.1 Å². The number of carbonyl (C=O) groups is 2. The van der Waals surface area contributed by atoms with Crippen LogP contribution in [0.5, 0.6) is 0 Å². The van der Waals surface area contributed by atoms with Gasteiger partial charge < -0.3 is 9.64 Å². The van der Waals surface area contributed by atoms with Crippen LogP contribution in [0.1, 0.15) is 38.3 Å². The molecule has 30 heavy (non-hydrogen) atoms.